The number of benzene rings is 2. The van der Waals surface area contributed by atoms with Crippen LogP contribution in [0.5, 0.6) is 0 Å². The van der Waals surface area contributed by atoms with Crippen LogP contribution < -0.4 is 16.2 Å². The van der Waals surface area contributed by atoms with Gasteiger partial charge in [0.25, 0.3) is 17.7 Å². The van der Waals surface area contributed by atoms with Crippen LogP contribution in [0.1, 0.15) is 27.6 Å². The maximum atomic E-state index is 12.1. The summed E-state index contributed by atoms with van der Waals surface area (Å²) in [6.45, 7) is 1.48. The zero-order valence-corrected chi connectivity index (χ0v) is 14.7. The minimum atomic E-state index is -0.893. The molecule has 3 amide bonds. The fourth-order valence-corrected chi connectivity index (χ4v) is 2.37. The number of nitrogens with one attached hydrogen (secondary N) is 3. The maximum absolute atomic E-state index is 12.1. The first-order valence-electron chi connectivity index (χ1n) is 7.30. The van der Waals surface area contributed by atoms with Gasteiger partial charge in [-0.1, -0.05) is 47.5 Å². The molecule has 0 fully saturated rings. The average Bonchev–Trinajstić information content (AvgIpc) is 2.60. The van der Waals surface area contributed by atoms with Gasteiger partial charge in [-0.15, -0.1) is 0 Å². The normalized spacial score (nSPS) is 11.3. The van der Waals surface area contributed by atoms with Gasteiger partial charge < -0.3 is 5.32 Å². The lowest BCUT2D eigenvalue weighted by atomic mass is 10.2. The second-order valence-electron chi connectivity index (χ2n) is 5.10. The van der Waals surface area contributed by atoms with Crippen molar-refractivity contribution in [1.82, 2.24) is 16.2 Å². The SMILES string of the molecule is C[C@H](NC(=O)c1ccccc1Cl)C(=O)NNC(=O)c1ccccc1Cl. The van der Waals surface area contributed by atoms with Gasteiger partial charge in [0, 0.05) is 0 Å². The molecule has 0 unspecified atom stereocenters. The highest BCUT2D eigenvalue weighted by Gasteiger charge is 2.19. The summed E-state index contributed by atoms with van der Waals surface area (Å²) in [6, 6.07) is 12.0. The zero-order valence-electron chi connectivity index (χ0n) is 13.2. The molecule has 6 nitrogen and oxygen atoms in total. The quantitative estimate of drug-likeness (QED) is 0.713. The number of hydrazine groups is 1. The van der Waals surface area contributed by atoms with Gasteiger partial charge in [-0.25, -0.2) is 0 Å². The summed E-state index contributed by atoms with van der Waals surface area (Å²) in [5, 5.41) is 3.03. The molecule has 1 atom stereocenters. The summed E-state index contributed by atoms with van der Waals surface area (Å²) >= 11 is 11.8. The van der Waals surface area contributed by atoms with E-state index in [9.17, 15) is 14.4 Å². The van der Waals surface area contributed by atoms with Crippen LogP contribution in [0.15, 0.2) is 48.5 Å². The van der Waals surface area contributed by atoms with E-state index in [1.807, 2.05) is 0 Å². The molecule has 0 aromatic heterocycles. The van der Waals surface area contributed by atoms with Crippen LogP contribution in [0.4, 0.5) is 0 Å². The summed E-state index contributed by atoms with van der Waals surface area (Å²) in [5.41, 5.74) is 4.95. The maximum Gasteiger partial charge on any atom is 0.271 e. The van der Waals surface area contributed by atoms with Crippen LogP contribution in [-0.4, -0.2) is 23.8 Å². The summed E-state index contributed by atoms with van der Waals surface area (Å²) < 4.78 is 0. The van der Waals surface area contributed by atoms with E-state index >= 15 is 0 Å². The van der Waals surface area contributed by atoms with Gasteiger partial charge in [0.1, 0.15) is 6.04 Å². The Morgan fingerprint density at radius 3 is 1.80 bits per heavy atom. The van der Waals surface area contributed by atoms with Crippen molar-refractivity contribution >= 4 is 40.9 Å². The van der Waals surface area contributed by atoms with Gasteiger partial charge in [-0.3, -0.25) is 25.2 Å². The Balaban J connectivity index is 1.90. The largest absolute Gasteiger partial charge is 0.340 e. The molecule has 0 radical (unpaired) electrons. The predicted octanol–water partition coefficient (Wildman–Crippen LogP) is 2.57. The van der Waals surface area contributed by atoms with Crippen LogP contribution in [0.2, 0.25) is 10.0 Å². The lowest BCUT2D eigenvalue weighted by Crippen LogP contribution is -2.51. The summed E-state index contributed by atoms with van der Waals surface area (Å²) in [6.07, 6.45) is 0. The van der Waals surface area contributed by atoms with E-state index in [1.165, 1.54) is 13.0 Å². The first kappa shape index (κ1) is 18.8. The van der Waals surface area contributed by atoms with Crippen molar-refractivity contribution in [3.05, 3.63) is 69.7 Å². The molecule has 0 heterocycles. The minimum absolute atomic E-state index is 0.220. The van der Waals surface area contributed by atoms with Crippen LogP contribution in [0, 0.1) is 0 Å². The number of hydrogen-bond acceptors (Lipinski definition) is 3. The lowest BCUT2D eigenvalue weighted by molar-refractivity contribution is -0.123. The molecule has 0 aliphatic carbocycles. The Kier molecular flexibility index (Phi) is 6.38. The third-order valence-electron chi connectivity index (χ3n) is 3.28. The Hall–Kier alpha value is -2.57. The minimum Gasteiger partial charge on any atom is -0.340 e. The van der Waals surface area contributed by atoms with E-state index in [-0.39, 0.29) is 21.2 Å². The van der Waals surface area contributed by atoms with E-state index < -0.39 is 23.8 Å². The first-order valence-corrected chi connectivity index (χ1v) is 8.06. The molecule has 0 aliphatic rings. The molecule has 2 aromatic carbocycles. The number of carbonyl (C=O) groups is 3. The highest BCUT2D eigenvalue weighted by atomic mass is 35.5. The van der Waals surface area contributed by atoms with Crippen molar-refractivity contribution in [1.29, 1.82) is 0 Å². The topological polar surface area (TPSA) is 87.3 Å². The molecule has 2 aromatic rings. The molecular formula is C17H15Cl2N3O3. The van der Waals surface area contributed by atoms with Crippen molar-refractivity contribution < 1.29 is 14.4 Å². The van der Waals surface area contributed by atoms with Crippen LogP contribution in [-0.2, 0) is 4.79 Å². The number of rotatable bonds is 4. The van der Waals surface area contributed by atoms with Crippen LogP contribution >= 0.6 is 23.2 Å². The van der Waals surface area contributed by atoms with Gasteiger partial charge in [0.15, 0.2) is 0 Å². The van der Waals surface area contributed by atoms with Crippen LogP contribution in [0.25, 0.3) is 0 Å². The fourth-order valence-electron chi connectivity index (χ4n) is 1.92. The number of amides is 3. The standard InChI is InChI=1S/C17H15Cl2N3O3/c1-10(20-16(24)11-6-2-4-8-13(11)18)15(23)21-22-17(25)12-7-3-5-9-14(12)19/h2-10H,1H3,(H,20,24)(H,21,23)(H,22,25)/t10-/m0/s1. The number of halogens is 2. The Labute approximate surface area is 154 Å². The van der Waals surface area contributed by atoms with Crippen molar-refractivity contribution in [2.75, 3.05) is 0 Å². The van der Waals surface area contributed by atoms with Crippen molar-refractivity contribution in [3.8, 4) is 0 Å². The highest BCUT2D eigenvalue weighted by molar-refractivity contribution is 6.34. The van der Waals surface area contributed by atoms with Crippen LogP contribution in [0.3, 0.4) is 0 Å². The van der Waals surface area contributed by atoms with Gasteiger partial charge in [-0.05, 0) is 31.2 Å². The second-order valence-corrected chi connectivity index (χ2v) is 5.91. The van der Waals surface area contributed by atoms with Crippen molar-refractivity contribution in [3.63, 3.8) is 0 Å². The molecule has 8 heteroatoms. The monoisotopic (exact) mass is 379 g/mol. The molecule has 2 rings (SSSR count). The highest BCUT2D eigenvalue weighted by Crippen LogP contribution is 2.15. The molecule has 0 spiro atoms. The van der Waals surface area contributed by atoms with Gasteiger partial charge in [0.05, 0.1) is 21.2 Å². The van der Waals surface area contributed by atoms with Crippen molar-refractivity contribution in [2.24, 2.45) is 0 Å². The van der Waals surface area contributed by atoms with E-state index in [1.54, 1.807) is 42.5 Å². The molecule has 0 saturated heterocycles. The number of hydrogen-bond donors (Lipinski definition) is 3. The third-order valence-corrected chi connectivity index (χ3v) is 3.94. The van der Waals surface area contributed by atoms with Crippen molar-refractivity contribution in [2.45, 2.75) is 13.0 Å². The molecule has 0 aliphatic heterocycles. The fraction of sp³-hybridized carbons (Fsp3) is 0.118. The Morgan fingerprint density at radius 2 is 1.28 bits per heavy atom. The summed E-state index contributed by atoms with van der Waals surface area (Å²) in [4.78, 5) is 36.1. The second kappa shape index (κ2) is 8.50. The molecule has 3 N–H and O–H groups in total. The molecule has 0 bridgehead atoms. The lowest BCUT2D eigenvalue weighted by Gasteiger charge is -2.15. The number of carbonyl (C=O) groups excluding carboxylic acids is 3. The zero-order chi connectivity index (χ0) is 18.4. The molecule has 0 saturated carbocycles. The third kappa shape index (κ3) is 4.95. The Morgan fingerprint density at radius 1 is 0.800 bits per heavy atom. The molecule has 25 heavy (non-hydrogen) atoms. The summed E-state index contributed by atoms with van der Waals surface area (Å²) in [7, 11) is 0. The van der Waals surface area contributed by atoms with E-state index in [0.29, 0.717) is 0 Å². The first-order chi connectivity index (χ1) is 11.9. The van der Waals surface area contributed by atoms with Gasteiger partial charge in [-0.2, -0.15) is 0 Å². The van der Waals surface area contributed by atoms with Gasteiger partial charge >= 0.3 is 0 Å². The van der Waals surface area contributed by atoms with E-state index in [2.05, 4.69) is 16.2 Å². The van der Waals surface area contributed by atoms with E-state index in [0.717, 1.165) is 0 Å². The van der Waals surface area contributed by atoms with E-state index in [4.69, 9.17) is 23.2 Å². The van der Waals surface area contributed by atoms with Gasteiger partial charge in [0.2, 0.25) is 0 Å². The smallest absolute Gasteiger partial charge is 0.271 e. The summed E-state index contributed by atoms with van der Waals surface area (Å²) in [5.74, 6) is -1.66. The average molecular weight is 380 g/mol. The predicted molar refractivity (Wildman–Crippen MR) is 95.4 cm³/mol. The molecule has 130 valence electrons. The Bertz CT molecular complexity index is 811. The molecular weight excluding hydrogens is 365 g/mol.